The van der Waals surface area contributed by atoms with Crippen molar-refractivity contribution in [2.24, 2.45) is 5.41 Å². The van der Waals surface area contributed by atoms with E-state index < -0.39 is 11.4 Å². The Kier molecular flexibility index (Phi) is 3.05. The van der Waals surface area contributed by atoms with Gasteiger partial charge >= 0.3 is 5.97 Å². The lowest BCUT2D eigenvalue weighted by molar-refractivity contribution is -0.150. The maximum atomic E-state index is 10.9. The van der Waals surface area contributed by atoms with Crippen molar-refractivity contribution in [3.8, 4) is 0 Å². The van der Waals surface area contributed by atoms with Crippen molar-refractivity contribution in [1.29, 1.82) is 0 Å². The predicted molar refractivity (Wildman–Crippen MR) is 42.0 cm³/mol. The van der Waals surface area contributed by atoms with E-state index in [0.717, 1.165) is 0 Å². The number of methoxy groups -OCH3 is 1. The van der Waals surface area contributed by atoms with Crippen LogP contribution in [0.15, 0.2) is 0 Å². The fourth-order valence-electron chi connectivity index (χ4n) is 1.38. The average molecular weight is 174 g/mol. The molecule has 1 aliphatic rings. The second-order valence-corrected chi connectivity index (χ2v) is 3.13. The van der Waals surface area contributed by atoms with E-state index in [1.54, 1.807) is 7.11 Å². The third kappa shape index (κ3) is 1.76. The van der Waals surface area contributed by atoms with Crippen LogP contribution in [0.25, 0.3) is 0 Å². The molecule has 1 aliphatic heterocycles. The van der Waals surface area contributed by atoms with E-state index in [0.29, 0.717) is 32.7 Å². The largest absolute Gasteiger partial charge is 0.481 e. The van der Waals surface area contributed by atoms with Crippen molar-refractivity contribution in [3.05, 3.63) is 0 Å². The maximum Gasteiger partial charge on any atom is 0.312 e. The summed E-state index contributed by atoms with van der Waals surface area (Å²) in [7, 11) is 1.57. The number of ether oxygens (including phenoxy) is 2. The monoisotopic (exact) mass is 174 g/mol. The zero-order valence-electron chi connectivity index (χ0n) is 7.21. The molecule has 0 aliphatic carbocycles. The number of carboxylic acids is 1. The molecular weight excluding hydrogens is 160 g/mol. The van der Waals surface area contributed by atoms with Gasteiger partial charge in [-0.1, -0.05) is 0 Å². The number of hydrogen-bond donors (Lipinski definition) is 1. The Morgan fingerprint density at radius 2 is 2.50 bits per heavy atom. The van der Waals surface area contributed by atoms with Crippen molar-refractivity contribution in [3.63, 3.8) is 0 Å². The molecule has 12 heavy (non-hydrogen) atoms. The summed E-state index contributed by atoms with van der Waals surface area (Å²) in [5.74, 6) is -0.767. The van der Waals surface area contributed by atoms with Gasteiger partial charge in [0.25, 0.3) is 0 Å². The van der Waals surface area contributed by atoms with Gasteiger partial charge in [0, 0.05) is 20.3 Å². The summed E-state index contributed by atoms with van der Waals surface area (Å²) < 4.78 is 9.94. The zero-order valence-corrected chi connectivity index (χ0v) is 7.21. The van der Waals surface area contributed by atoms with Crippen LogP contribution < -0.4 is 0 Å². The molecule has 1 atom stereocenters. The number of carboxylic acid groups (broad SMARTS) is 1. The quantitative estimate of drug-likeness (QED) is 0.674. The molecule has 1 heterocycles. The van der Waals surface area contributed by atoms with E-state index in [4.69, 9.17) is 14.6 Å². The molecule has 1 N–H and O–H groups in total. The summed E-state index contributed by atoms with van der Waals surface area (Å²) in [5, 5.41) is 8.95. The molecule has 0 saturated carbocycles. The highest BCUT2D eigenvalue weighted by Crippen LogP contribution is 2.32. The van der Waals surface area contributed by atoms with Crippen LogP contribution in [0.5, 0.6) is 0 Å². The summed E-state index contributed by atoms with van der Waals surface area (Å²) in [5.41, 5.74) is -0.685. The van der Waals surface area contributed by atoms with Gasteiger partial charge in [-0.05, 0) is 12.8 Å². The molecule has 1 fully saturated rings. The Morgan fingerprint density at radius 3 is 2.92 bits per heavy atom. The van der Waals surface area contributed by atoms with E-state index >= 15 is 0 Å². The van der Waals surface area contributed by atoms with Gasteiger partial charge in [0.15, 0.2) is 0 Å². The molecule has 1 saturated heterocycles. The summed E-state index contributed by atoms with van der Waals surface area (Å²) >= 11 is 0. The maximum absolute atomic E-state index is 10.9. The molecule has 4 heteroatoms. The molecule has 0 spiro atoms. The molecule has 1 rings (SSSR count). The first-order chi connectivity index (χ1) is 5.71. The highest BCUT2D eigenvalue weighted by Gasteiger charge is 2.41. The molecule has 0 amide bonds. The van der Waals surface area contributed by atoms with Gasteiger partial charge in [0.05, 0.1) is 12.0 Å². The lowest BCUT2D eigenvalue weighted by Gasteiger charge is -2.20. The van der Waals surface area contributed by atoms with E-state index in [-0.39, 0.29) is 0 Å². The summed E-state index contributed by atoms with van der Waals surface area (Å²) in [6, 6.07) is 0. The molecule has 1 unspecified atom stereocenters. The third-order valence-electron chi connectivity index (χ3n) is 2.34. The van der Waals surface area contributed by atoms with E-state index in [1.807, 2.05) is 0 Å². The van der Waals surface area contributed by atoms with Gasteiger partial charge in [0.2, 0.25) is 0 Å². The second-order valence-electron chi connectivity index (χ2n) is 3.13. The molecule has 0 aromatic rings. The first-order valence-corrected chi connectivity index (χ1v) is 4.01. The van der Waals surface area contributed by atoms with Crippen LogP contribution in [0.1, 0.15) is 12.8 Å². The molecule has 0 radical (unpaired) electrons. The smallest absolute Gasteiger partial charge is 0.312 e. The number of carbonyl (C=O) groups is 1. The fraction of sp³-hybridized carbons (Fsp3) is 0.875. The van der Waals surface area contributed by atoms with Crippen LogP contribution >= 0.6 is 0 Å². The number of hydrogen-bond acceptors (Lipinski definition) is 3. The van der Waals surface area contributed by atoms with Crippen molar-refractivity contribution in [2.45, 2.75) is 12.8 Å². The highest BCUT2D eigenvalue weighted by molar-refractivity contribution is 5.75. The highest BCUT2D eigenvalue weighted by atomic mass is 16.5. The van der Waals surface area contributed by atoms with Crippen LogP contribution in [0.4, 0.5) is 0 Å². The minimum Gasteiger partial charge on any atom is -0.481 e. The summed E-state index contributed by atoms with van der Waals surface area (Å²) in [4.78, 5) is 10.9. The Hall–Kier alpha value is -0.610. The van der Waals surface area contributed by atoms with E-state index in [1.165, 1.54) is 0 Å². The SMILES string of the molecule is COCCC1(C(=O)O)CCOC1. The Morgan fingerprint density at radius 1 is 1.75 bits per heavy atom. The summed E-state index contributed by atoms with van der Waals surface area (Å²) in [6.07, 6.45) is 1.14. The normalized spacial score (nSPS) is 29.1. The van der Waals surface area contributed by atoms with Crippen molar-refractivity contribution >= 4 is 5.97 Å². The van der Waals surface area contributed by atoms with E-state index in [9.17, 15) is 4.79 Å². The molecule has 4 nitrogen and oxygen atoms in total. The molecule has 0 aromatic carbocycles. The molecule has 0 aromatic heterocycles. The molecule has 70 valence electrons. The average Bonchev–Trinajstić information content (AvgIpc) is 2.50. The molecular formula is C8H14O4. The van der Waals surface area contributed by atoms with Gasteiger partial charge in [-0.3, -0.25) is 4.79 Å². The Balaban J connectivity index is 2.53. The van der Waals surface area contributed by atoms with Gasteiger partial charge in [-0.2, -0.15) is 0 Å². The van der Waals surface area contributed by atoms with Gasteiger partial charge in [-0.25, -0.2) is 0 Å². The standard InChI is InChI=1S/C8H14O4/c1-11-4-2-8(7(9)10)3-5-12-6-8/h2-6H2,1H3,(H,9,10). The molecule has 0 bridgehead atoms. The Bertz CT molecular complexity index is 160. The fourth-order valence-corrected chi connectivity index (χ4v) is 1.38. The van der Waals surface area contributed by atoms with Gasteiger partial charge in [-0.15, -0.1) is 0 Å². The van der Waals surface area contributed by atoms with Crippen molar-refractivity contribution in [2.75, 3.05) is 26.9 Å². The lowest BCUT2D eigenvalue weighted by Crippen LogP contribution is -2.32. The zero-order chi connectivity index (χ0) is 9.03. The van der Waals surface area contributed by atoms with Gasteiger partial charge < -0.3 is 14.6 Å². The second kappa shape index (κ2) is 3.87. The predicted octanol–water partition coefficient (Wildman–Crippen LogP) is 0.514. The lowest BCUT2D eigenvalue weighted by atomic mass is 9.84. The van der Waals surface area contributed by atoms with Crippen LogP contribution in [0.3, 0.4) is 0 Å². The number of rotatable bonds is 4. The third-order valence-corrected chi connectivity index (χ3v) is 2.34. The first-order valence-electron chi connectivity index (χ1n) is 4.01. The Labute approximate surface area is 71.5 Å². The minimum absolute atomic E-state index is 0.325. The van der Waals surface area contributed by atoms with Crippen LogP contribution in [-0.4, -0.2) is 38.0 Å². The summed E-state index contributed by atoms with van der Waals surface area (Å²) in [6.45, 7) is 1.36. The van der Waals surface area contributed by atoms with E-state index in [2.05, 4.69) is 0 Å². The minimum atomic E-state index is -0.767. The van der Waals surface area contributed by atoms with Crippen molar-refractivity contribution in [1.82, 2.24) is 0 Å². The van der Waals surface area contributed by atoms with Crippen LogP contribution in [0, 0.1) is 5.41 Å². The van der Waals surface area contributed by atoms with Gasteiger partial charge in [0.1, 0.15) is 0 Å². The first kappa shape index (κ1) is 9.48. The van der Waals surface area contributed by atoms with Crippen molar-refractivity contribution < 1.29 is 19.4 Å². The van der Waals surface area contributed by atoms with Crippen LogP contribution in [0.2, 0.25) is 0 Å². The topological polar surface area (TPSA) is 55.8 Å². The van der Waals surface area contributed by atoms with Crippen LogP contribution in [-0.2, 0) is 14.3 Å². The number of aliphatic carboxylic acids is 1.